The van der Waals surface area contributed by atoms with Crippen LogP contribution in [0.3, 0.4) is 0 Å². The molecule has 0 aliphatic carbocycles. The monoisotopic (exact) mass is 257 g/mol. The van der Waals surface area contributed by atoms with Crippen molar-refractivity contribution in [2.24, 2.45) is 0 Å². The highest BCUT2D eigenvalue weighted by Gasteiger charge is 2.06. The van der Waals surface area contributed by atoms with Crippen molar-refractivity contribution in [3.8, 4) is 5.75 Å². The number of rotatable bonds is 5. The van der Waals surface area contributed by atoms with Gasteiger partial charge in [-0.2, -0.15) is 5.48 Å². The topological polar surface area (TPSA) is 47.6 Å². The number of benzene rings is 2. The molecule has 1 N–H and O–H groups in total. The minimum Gasteiger partial charge on any atom is -0.489 e. The second kappa shape index (κ2) is 6.56. The Bertz CT molecular complexity index is 523. The third-order valence-electron chi connectivity index (χ3n) is 2.53. The molecule has 0 saturated carbocycles. The van der Waals surface area contributed by atoms with Crippen molar-refractivity contribution >= 4 is 5.97 Å². The second-order valence-electron chi connectivity index (χ2n) is 3.89. The van der Waals surface area contributed by atoms with E-state index in [1.54, 1.807) is 24.3 Å². The van der Waals surface area contributed by atoms with E-state index in [2.05, 4.69) is 10.3 Å². The van der Waals surface area contributed by atoms with Crippen LogP contribution in [0.15, 0.2) is 54.6 Å². The molecule has 2 aromatic carbocycles. The van der Waals surface area contributed by atoms with Crippen LogP contribution in [0.4, 0.5) is 0 Å². The molecule has 0 unspecified atom stereocenters. The normalized spacial score (nSPS) is 9.95. The minimum absolute atomic E-state index is 0.419. The van der Waals surface area contributed by atoms with E-state index in [9.17, 15) is 4.79 Å². The number of hydrogen-bond donors (Lipinski definition) is 1. The highest BCUT2D eigenvalue weighted by molar-refractivity contribution is 5.89. The van der Waals surface area contributed by atoms with Gasteiger partial charge in [0.15, 0.2) is 0 Å². The van der Waals surface area contributed by atoms with Crippen molar-refractivity contribution in [1.29, 1.82) is 0 Å². The van der Waals surface area contributed by atoms with E-state index in [4.69, 9.17) is 4.74 Å². The standard InChI is InChI=1S/C15H15NO3/c1-16-19-15(17)13-7-9-14(10-8-13)18-11-12-5-3-2-4-6-12/h2-10,16H,11H2,1H3. The summed E-state index contributed by atoms with van der Waals surface area (Å²) >= 11 is 0. The summed E-state index contributed by atoms with van der Waals surface area (Å²) in [7, 11) is 1.54. The van der Waals surface area contributed by atoms with Crippen LogP contribution in [0, 0.1) is 0 Å². The van der Waals surface area contributed by atoms with E-state index < -0.39 is 5.97 Å². The third-order valence-corrected chi connectivity index (χ3v) is 2.53. The molecule has 0 saturated heterocycles. The maximum absolute atomic E-state index is 11.4. The zero-order chi connectivity index (χ0) is 13.5. The Morgan fingerprint density at radius 2 is 1.74 bits per heavy atom. The molecule has 0 heterocycles. The molecule has 2 aromatic rings. The SMILES string of the molecule is CNOC(=O)c1ccc(OCc2ccccc2)cc1. The first kappa shape index (κ1) is 13.1. The smallest absolute Gasteiger partial charge is 0.356 e. The highest BCUT2D eigenvalue weighted by Crippen LogP contribution is 2.14. The van der Waals surface area contributed by atoms with Crippen LogP contribution in [-0.2, 0) is 11.4 Å². The molecule has 0 aliphatic rings. The van der Waals surface area contributed by atoms with Crippen LogP contribution in [0.25, 0.3) is 0 Å². The van der Waals surface area contributed by atoms with E-state index in [0.717, 1.165) is 5.56 Å². The molecular formula is C15H15NO3. The predicted molar refractivity (Wildman–Crippen MR) is 71.7 cm³/mol. The van der Waals surface area contributed by atoms with Crippen molar-refractivity contribution < 1.29 is 14.4 Å². The van der Waals surface area contributed by atoms with Crippen LogP contribution in [0.5, 0.6) is 5.75 Å². The largest absolute Gasteiger partial charge is 0.489 e. The molecule has 0 aliphatic heterocycles. The molecule has 0 aromatic heterocycles. The zero-order valence-electron chi connectivity index (χ0n) is 10.6. The fourth-order valence-electron chi connectivity index (χ4n) is 1.58. The quantitative estimate of drug-likeness (QED) is 0.836. The van der Waals surface area contributed by atoms with Crippen molar-refractivity contribution in [1.82, 2.24) is 5.48 Å². The molecule has 4 nitrogen and oxygen atoms in total. The number of carbonyl (C=O) groups is 1. The summed E-state index contributed by atoms with van der Waals surface area (Å²) in [6, 6.07) is 16.7. The summed E-state index contributed by atoms with van der Waals surface area (Å²) in [6.45, 7) is 0.501. The zero-order valence-corrected chi connectivity index (χ0v) is 10.6. The Hall–Kier alpha value is -2.33. The maximum atomic E-state index is 11.4. The average Bonchev–Trinajstić information content (AvgIpc) is 2.47. The Kier molecular flexibility index (Phi) is 4.53. The Morgan fingerprint density at radius 3 is 2.37 bits per heavy atom. The molecule has 0 bridgehead atoms. The van der Waals surface area contributed by atoms with Gasteiger partial charge in [-0.15, -0.1) is 0 Å². The van der Waals surface area contributed by atoms with Gasteiger partial charge in [-0.05, 0) is 29.8 Å². The van der Waals surface area contributed by atoms with Crippen molar-refractivity contribution in [3.63, 3.8) is 0 Å². The Labute approximate surface area is 111 Å². The molecule has 2 rings (SSSR count). The van der Waals surface area contributed by atoms with Crippen molar-refractivity contribution in [2.75, 3.05) is 7.05 Å². The van der Waals surface area contributed by atoms with Gasteiger partial charge in [0.1, 0.15) is 12.4 Å². The summed E-state index contributed by atoms with van der Waals surface area (Å²) in [5, 5.41) is 0. The van der Waals surface area contributed by atoms with Crippen LogP contribution in [-0.4, -0.2) is 13.0 Å². The number of nitrogens with one attached hydrogen (secondary N) is 1. The van der Waals surface area contributed by atoms with Gasteiger partial charge in [0.05, 0.1) is 5.56 Å². The van der Waals surface area contributed by atoms with Crippen molar-refractivity contribution in [3.05, 3.63) is 65.7 Å². The summed E-state index contributed by atoms with van der Waals surface area (Å²) in [5.74, 6) is 0.293. The van der Waals surface area contributed by atoms with E-state index in [-0.39, 0.29) is 0 Å². The lowest BCUT2D eigenvalue weighted by Gasteiger charge is -2.07. The highest BCUT2D eigenvalue weighted by atomic mass is 16.7. The van der Waals surface area contributed by atoms with E-state index in [1.807, 2.05) is 30.3 Å². The first-order valence-corrected chi connectivity index (χ1v) is 5.94. The van der Waals surface area contributed by atoms with Crippen LogP contribution in [0.1, 0.15) is 15.9 Å². The number of hydrogen-bond acceptors (Lipinski definition) is 4. The Morgan fingerprint density at radius 1 is 1.05 bits per heavy atom. The fourth-order valence-corrected chi connectivity index (χ4v) is 1.58. The number of ether oxygens (including phenoxy) is 1. The number of hydroxylamine groups is 1. The summed E-state index contributed by atoms with van der Waals surface area (Å²) in [4.78, 5) is 16.1. The number of carbonyl (C=O) groups excluding carboxylic acids is 1. The van der Waals surface area contributed by atoms with Gasteiger partial charge < -0.3 is 9.57 Å². The molecule has 0 spiro atoms. The molecule has 0 atom stereocenters. The van der Waals surface area contributed by atoms with Gasteiger partial charge in [0.2, 0.25) is 0 Å². The Balaban J connectivity index is 1.94. The lowest BCUT2D eigenvalue weighted by Crippen LogP contribution is -2.14. The molecule has 0 radical (unpaired) electrons. The lowest BCUT2D eigenvalue weighted by molar-refractivity contribution is 0.0310. The first-order chi connectivity index (χ1) is 9.29. The van der Waals surface area contributed by atoms with Gasteiger partial charge >= 0.3 is 5.97 Å². The lowest BCUT2D eigenvalue weighted by atomic mass is 10.2. The van der Waals surface area contributed by atoms with E-state index >= 15 is 0 Å². The van der Waals surface area contributed by atoms with Crippen molar-refractivity contribution in [2.45, 2.75) is 6.61 Å². The van der Waals surface area contributed by atoms with Crippen LogP contribution < -0.4 is 10.2 Å². The first-order valence-electron chi connectivity index (χ1n) is 5.94. The average molecular weight is 257 g/mol. The van der Waals surface area contributed by atoms with Crippen LogP contribution in [0.2, 0.25) is 0 Å². The van der Waals surface area contributed by atoms with Gasteiger partial charge in [-0.3, -0.25) is 0 Å². The van der Waals surface area contributed by atoms with Gasteiger partial charge in [0, 0.05) is 7.05 Å². The molecule has 0 amide bonds. The van der Waals surface area contributed by atoms with Gasteiger partial charge in [-0.25, -0.2) is 4.79 Å². The summed E-state index contributed by atoms with van der Waals surface area (Å²) < 4.78 is 5.62. The van der Waals surface area contributed by atoms with E-state index in [1.165, 1.54) is 7.05 Å². The summed E-state index contributed by atoms with van der Waals surface area (Å²) in [6.07, 6.45) is 0. The minimum atomic E-state index is -0.419. The predicted octanol–water partition coefficient (Wildman–Crippen LogP) is 2.56. The molecule has 0 fully saturated rings. The molecule has 19 heavy (non-hydrogen) atoms. The second-order valence-corrected chi connectivity index (χ2v) is 3.89. The fraction of sp³-hybridized carbons (Fsp3) is 0.133. The molecular weight excluding hydrogens is 242 g/mol. The van der Waals surface area contributed by atoms with E-state index in [0.29, 0.717) is 17.9 Å². The van der Waals surface area contributed by atoms with Gasteiger partial charge in [0.25, 0.3) is 0 Å². The molecule has 98 valence electrons. The van der Waals surface area contributed by atoms with Gasteiger partial charge in [-0.1, -0.05) is 30.3 Å². The van der Waals surface area contributed by atoms with Crippen LogP contribution >= 0.6 is 0 Å². The maximum Gasteiger partial charge on any atom is 0.356 e. The summed E-state index contributed by atoms with van der Waals surface area (Å²) in [5.41, 5.74) is 3.92. The third kappa shape index (κ3) is 3.82. The molecule has 4 heteroatoms.